The topological polar surface area (TPSA) is 43.6 Å². The van der Waals surface area contributed by atoms with Gasteiger partial charge in [-0.15, -0.1) is 0 Å². The van der Waals surface area contributed by atoms with Gasteiger partial charge in [-0.2, -0.15) is 0 Å². The van der Waals surface area contributed by atoms with Crippen LogP contribution in [0.25, 0.3) is 127 Å². The molecule has 4 heteroatoms. The molecule has 0 fully saturated rings. The third-order valence-corrected chi connectivity index (χ3v) is 13.0. The fourth-order valence-corrected chi connectivity index (χ4v) is 10.1. The third kappa shape index (κ3) is 5.96. The van der Waals surface area contributed by atoms with E-state index in [1.165, 1.54) is 37.8 Å². The lowest BCUT2D eigenvalue weighted by Crippen LogP contribution is -2.06. The second-order valence-electron chi connectivity index (χ2n) is 16.7. The highest BCUT2D eigenvalue weighted by Crippen LogP contribution is 2.51. The Morgan fingerprint density at radius 2 is 0.785 bits per heavy atom. The number of nitrogens with zero attached hydrogens (tertiary/aromatic N) is 4. The number of aromatic nitrogens is 4. The van der Waals surface area contributed by atoms with Crippen LogP contribution in [0, 0.1) is 0 Å². The monoisotopic (exact) mass is 826 g/mol. The van der Waals surface area contributed by atoms with E-state index >= 15 is 0 Å². The average molecular weight is 827 g/mol. The van der Waals surface area contributed by atoms with Gasteiger partial charge >= 0.3 is 0 Å². The number of hydrogen-bond donors (Lipinski definition) is 0. The molecule has 4 nitrogen and oxygen atoms in total. The Morgan fingerprint density at radius 3 is 1.49 bits per heavy atom. The van der Waals surface area contributed by atoms with Crippen LogP contribution in [0.1, 0.15) is 0 Å². The summed E-state index contributed by atoms with van der Waals surface area (Å²) in [5.41, 5.74) is 10.6. The van der Waals surface area contributed by atoms with Crippen molar-refractivity contribution in [2.75, 3.05) is 0 Å². The number of rotatable bonds is 6. The molecule has 2 aromatic heterocycles. The van der Waals surface area contributed by atoms with Crippen molar-refractivity contribution in [1.29, 1.82) is 0 Å². The van der Waals surface area contributed by atoms with Crippen molar-refractivity contribution >= 4 is 64.9 Å². The van der Waals surface area contributed by atoms with E-state index in [-0.39, 0.29) is 0 Å². The minimum atomic E-state index is 0.610. The largest absolute Gasteiger partial charge is 0.307 e. The van der Waals surface area contributed by atoms with Crippen LogP contribution in [0.3, 0.4) is 0 Å². The molecule has 0 spiro atoms. The summed E-state index contributed by atoms with van der Waals surface area (Å²) in [5, 5.41) is 11.6. The zero-order valence-corrected chi connectivity index (χ0v) is 35.2. The van der Waals surface area contributed by atoms with Gasteiger partial charge < -0.3 is 4.57 Å². The highest BCUT2D eigenvalue weighted by Gasteiger charge is 2.29. The molecule has 0 atom stereocenters. The van der Waals surface area contributed by atoms with E-state index in [0.717, 1.165) is 71.7 Å². The molecule has 0 N–H and O–H groups in total. The summed E-state index contributed by atoms with van der Waals surface area (Å²) in [6, 6.07) is 82.5. The maximum Gasteiger partial charge on any atom is 0.165 e. The third-order valence-electron chi connectivity index (χ3n) is 13.0. The van der Waals surface area contributed by atoms with Crippen LogP contribution in [0.2, 0.25) is 0 Å². The molecule has 2 heterocycles. The Balaban J connectivity index is 1.25. The Morgan fingerprint density at radius 1 is 0.277 bits per heavy atom. The van der Waals surface area contributed by atoms with Crippen molar-refractivity contribution in [1.82, 2.24) is 19.5 Å². The van der Waals surface area contributed by atoms with Crippen molar-refractivity contribution in [3.05, 3.63) is 231 Å². The highest BCUT2D eigenvalue weighted by molar-refractivity contribution is 6.23. The van der Waals surface area contributed by atoms with Gasteiger partial charge in [0.2, 0.25) is 0 Å². The minimum absolute atomic E-state index is 0.610. The molecule has 0 saturated carbocycles. The zero-order valence-electron chi connectivity index (χ0n) is 35.2. The fourth-order valence-electron chi connectivity index (χ4n) is 10.1. The number of hydrogen-bond acceptors (Lipinski definition) is 3. The van der Waals surface area contributed by atoms with Crippen LogP contribution in [0.4, 0.5) is 0 Å². The zero-order chi connectivity index (χ0) is 42.8. The van der Waals surface area contributed by atoms with Gasteiger partial charge in [-0.25, -0.2) is 15.0 Å². The number of benzene rings is 11. The van der Waals surface area contributed by atoms with Gasteiger partial charge in [-0.3, -0.25) is 0 Å². The van der Waals surface area contributed by atoms with E-state index in [1.807, 2.05) is 18.2 Å². The van der Waals surface area contributed by atoms with Crippen LogP contribution in [-0.4, -0.2) is 19.5 Å². The lowest BCUT2D eigenvalue weighted by molar-refractivity contribution is 1.08. The van der Waals surface area contributed by atoms with E-state index in [0.29, 0.717) is 17.5 Å². The SMILES string of the molecule is c1ccc(-c2nc(-c3cccc4ccccc34)nc(-c3c(-c4ccccc4)c(-c4ccccc4)c(-n4c5cc6ccccc6cc5c5ccc6ccccc6c54)c4ccccc34)n2)cc1. The van der Waals surface area contributed by atoms with Gasteiger partial charge in [-0.05, 0) is 55.6 Å². The molecule has 0 bridgehead atoms. The first-order valence-corrected chi connectivity index (χ1v) is 22.1. The summed E-state index contributed by atoms with van der Waals surface area (Å²) >= 11 is 0. The maximum atomic E-state index is 5.56. The van der Waals surface area contributed by atoms with Crippen molar-refractivity contribution in [2.45, 2.75) is 0 Å². The van der Waals surface area contributed by atoms with E-state index in [4.69, 9.17) is 15.0 Å². The van der Waals surface area contributed by atoms with Crippen LogP contribution < -0.4 is 0 Å². The minimum Gasteiger partial charge on any atom is -0.307 e. The van der Waals surface area contributed by atoms with Crippen LogP contribution in [-0.2, 0) is 0 Å². The molecule has 302 valence electrons. The summed E-state index contributed by atoms with van der Waals surface area (Å²) in [6.45, 7) is 0. The molecule has 0 aliphatic heterocycles. The summed E-state index contributed by atoms with van der Waals surface area (Å²) < 4.78 is 2.56. The quantitative estimate of drug-likeness (QED) is 0.168. The van der Waals surface area contributed by atoms with Crippen molar-refractivity contribution in [2.24, 2.45) is 0 Å². The maximum absolute atomic E-state index is 5.56. The Hall–Kier alpha value is -8.73. The van der Waals surface area contributed by atoms with Gasteiger partial charge in [0, 0.05) is 49.4 Å². The molecular weight excluding hydrogens is 789 g/mol. The molecule has 0 aliphatic carbocycles. The van der Waals surface area contributed by atoms with Crippen molar-refractivity contribution in [3.8, 4) is 62.1 Å². The van der Waals surface area contributed by atoms with Crippen molar-refractivity contribution in [3.63, 3.8) is 0 Å². The molecule has 0 amide bonds. The molecule has 13 rings (SSSR count). The normalized spacial score (nSPS) is 11.7. The first kappa shape index (κ1) is 36.9. The molecular formula is C61H38N4. The van der Waals surface area contributed by atoms with Gasteiger partial charge in [-0.1, -0.05) is 218 Å². The molecule has 65 heavy (non-hydrogen) atoms. The molecule has 0 unspecified atom stereocenters. The van der Waals surface area contributed by atoms with Crippen LogP contribution >= 0.6 is 0 Å². The molecule has 0 aliphatic rings. The summed E-state index contributed by atoms with van der Waals surface area (Å²) in [6.07, 6.45) is 0. The molecule has 11 aromatic carbocycles. The van der Waals surface area contributed by atoms with Gasteiger partial charge in [0.25, 0.3) is 0 Å². The van der Waals surface area contributed by atoms with Crippen LogP contribution in [0.15, 0.2) is 231 Å². The van der Waals surface area contributed by atoms with E-state index < -0.39 is 0 Å². The summed E-state index contributed by atoms with van der Waals surface area (Å²) in [4.78, 5) is 16.3. The lowest BCUT2D eigenvalue weighted by atomic mass is 9.84. The summed E-state index contributed by atoms with van der Waals surface area (Å²) in [5.74, 6) is 1.85. The summed E-state index contributed by atoms with van der Waals surface area (Å²) in [7, 11) is 0. The first-order chi connectivity index (χ1) is 32.3. The smallest absolute Gasteiger partial charge is 0.165 e. The molecule has 13 aromatic rings. The second-order valence-corrected chi connectivity index (χ2v) is 16.7. The Kier molecular flexibility index (Phi) is 8.50. The highest BCUT2D eigenvalue weighted by atomic mass is 15.0. The van der Waals surface area contributed by atoms with Gasteiger partial charge in [0.1, 0.15) is 0 Å². The van der Waals surface area contributed by atoms with Crippen molar-refractivity contribution < 1.29 is 0 Å². The second kappa shape index (κ2) is 15.0. The number of fused-ring (bicyclic) bond motifs is 8. The van der Waals surface area contributed by atoms with E-state index in [2.05, 4.69) is 217 Å². The lowest BCUT2D eigenvalue weighted by Gasteiger charge is -2.25. The van der Waals surface area contributed by atoms with E-state index in [1.54, 1.807) is 0 Å². The average Bonchev–Trinajstić information content (AvgIpc) is 3.70. The van der Waals surface area contributed by atoms with E-state index in [9.17, 15) is 0 Å². The van der Waals surface area contributed by atoms with Gasteiger partial charge in [0.05, 0.1) is 16.7 Å². The molecule has 0 radical (unpaired) electrons. The van der Waals surface area contributed by atoms with Crippen LogP contribution in [0.5, 0.6) is 0 Å². The molecule has 0 saturated heterocycles. The predicted octanol–water partition coefficient (Wildman–Crippen LogP) is 15.9. The van der Waals surface area contributed by atoms with Gasteiger partial charge in [0.15, 0.2) is 17.5 Å². The first-order valence-electron chi connectivity index (χ1n) is 22.1. The Labute approximate surface area is 375 Å². The predicted molar refractivity (Wildman–Crippen MR) is 271 cm³/mol. The Bertz CT molecular complexity index is 3980. The standard InChI is InChI=1S/C61H38N4/c1-4-21-41(22-5-1)54-55(42-23-6-2-7-24-42)58(65-53-38-45-28-11-10-27-44(45)37-52(53)50-36-35-40-20-13-15-31-47(40)57(50)65)49-33-17-16-32-48(49)56(54)61-63-59(43-25-8-3-9-26-43)62-60(64-61)51-34-18-29-39-19-12-14-30-46(39)51/h1-38H. The fraction of sp³-hybridized carbons (Fsp3) is 0.